The number of benzene rings is 1. The van der Waals surface area contributed by atoms with Crippen LogP contribution in [0.3, 0.4) is 0 Å². The SMILES string of the molecule is O=C(CN=C1NS(=O)(=O)c2ccccc21)N1CCN(CC2CCCO2)CC1. The van der Waals surface area contributed by atoms with Crippen LogP contribution < -0.4 is 4.72 Å². The zero-order valence-electron chi connectivity index (χ0n) is 15.1. The summed E-state index contributed by atoms with van der Waals surface area (Å²) in [6, 6.07) is 6.66. The van der Waals surface area contributed by atoms with E-state index in [-0.39, 0.29) is 23.2 Å². The number of nitrogens with zero attached hydrogens (tertiary/aromatic N) is 3. The molecule has 3 aliphatic heterocycles. The number of aliphatic imine (C=N–C) groups is 1. The Kier molecular flexibility index (Phi) is 5.16. The van der Waals surface area contributed by atoms with Crippen molar-refractivity contribution in [3.8, 4) is 0 Å². The molecule has 0 saturated carbocycles. The molecule has 0 aliphatic carbocycles. The lowest BCUT2D eigenvalue weighted by Crippen LogP contribution is -2.51. The van der Waals surface area contributed by atoms with Crippen molar-refractivity contribution < 1.29 is 17.9 Å². The molecule has 4 rings (SSSR count). The molecule has 1 aromatic rings. The summed E-state index contributed by atoms with van der Waals surface area (Å²) < 4.78 is 32.3. The van der Waals surface area contributed by atoms with Gasteiger partial charge >= 0.3 is 0 Å². The molecule has 0 spiro atoms. The molecule has 1 unspecified atom stereocenters. The van der Waals surface area contributed by atoms with Crippen molar-refractivity contribution in [3.05, 3.63) is 29.8 Å². The van der Waals surface area contributed by atoms with Gasteiger partial charge in [0.15, 0.2) is 0 Å². The van der Waals surface area contributed by atoms with E-state index in [0.29, 0.717) is 24.8 Å². The fourth-order valence-corrected chi connectivity index (χ4v) is 5.01. The number of nitrogens with one attached hydrogen (secondary N) is 1. The third-order valence-corrected chi connectivity index (χ3v) is 6.64. The van der Waals surface area contributed by atoms with Crippen molar-refractivity contribution >= 4 is 21.8 Å². The Morgan fingerprint density at radius 2 is 2.00 bits per heavy atom. The highest BCUT2D eigenvalue weighted by molar-refractivity contribution is 7.90. The van der Waals surface area contributed by atoms with Gasteiger partial charge in [-0.1, -0.05) is 12.1 Å². The second-order valence-corrected chi connectivity index (χ2v) is 8.73. The molecule has 3 aliphatic rings. The first-order valence-corrected chi connectivity index (χ1v) is 10.8. The van der Waals surface area contributed by atoms with Crippen LogP contribution in [0.25, 0.3) is 0 Å². The Hall–Kier alpha value is -1.97. The van der Waals surface area contributed by atoms with E-state index in [1.165, 1.54) is 6.07 Å². The largest absolute Gasteiger partial charge is 0.377 e. The minimum Gasteiger partial charge on any atom is -0.377 e. The van der Waals surface area contributed by atoms with Crippen molar-refractivity contribution in [2.24, 2.45) is 4.99 Å². The van der Waals surface area contributed by atoms with E-state index < -0.39 is 10.0 Å². The lowest BCUT2D eigenvalue weighted by Gasteiger charge is -2.35. The predicted molar refractivity (Wildman–Crippen MR) is 100 cm³/mol. The van der Waals surface area contributed by atoms with Gasteiger partial charge in [0, 0.05) is 44.9 Å². The van der Waals surface area contributed by atoms with Crippen molar-refractivity contribution in [1.29, 1.82) is 0 Å². The number of fused-ring (bicyclic) bond motifs is 1. The molecule has 3 heterocycles. The molecule has 9 heteroatoms. The average molecular weight is 392 g/mol. The summed E-state index contributed by atoms with van der Waals surface area (Å²) in [6.45, 7) is 4.73. The molecule has 8 nitrogen and oxygen atoms in total. The van der Waals surface area contributed by atoms with Gasteiger partial charge in [-0.25, -0.2) is 8.42 Å². The normalized spacial score (nSPS) is 26.1. The number of hydrogen-bond acceptors (Lipinski definition) is 6. The van der Waals surface area contributed by atoms with E-state index in [1.807, 2.05) is 0 Å². The maximum absolute atomic E-state index is 12.5. The number of carbonyl (C=O) groups excluding carboxylic acids is 1. The van der Waals surface area contributed by atoms with Crippen LogP contribution in [0.2, 0.25) is 0 Å². The number of ether oxygens (including phenoxy) is 1. The zero-order chi connectivity index (χ0) is 18.9. The van der Waals surface area contributed by atoms with Gasteiger partial charge in [0.05, 0.1) is 11.0 Å². The van der Waals surface area contributed by atoms with Crippen molar-refractivity contribution in [1.82, 2.24) is 14.5 Å². The topological polar surface area (TPSA) is 91.3 Å². The maximum Gasteiger partial charge on any atom is 0.263 e. The maximum atomic E-state index is 12.5. The molecule has 1 amide bonds. The van der Waals surface area contributed by atoms with E-state index in [2.05, 4.69) is 14.6 Å². The molecule has 0 aromatic heterocycles. The summed E-state index contributed by atoms with van der Waals surface area (Å²) in [6.07, 6.45) is 2.58. The van der Waals surface area contributed by atoms with Crippen LogP contribution in [-0.2, 0) is 19.6 Å². The third kappa shape index (κ3) is 3.99. The van der Waals surface area contributed by atoms with Gasteiger partial charge in [0.1, 0.15) is 12.4 Å². The second kappa shape index (κ2) is 7.57. The fraction of sp³-hybridized carbons (Fsp3) is 0.556. The van der Waals surface area contributed by atoms with Gasteiger partial charge in [-0.05, 0) is 25.0 Å². The van der Waals surface area contributed by atoms with Crippen LogP contribution in [0.5, 0.6) is 0 Å². The number of hydrogen-bond donors (Lipinski definition) is 1. The zero-order valence-corrected chi connectivity index (χ0v) is 16.0. The molecule has 1 N–H and O–H groups in total. The average Bonchev–Trinajstić information content (AvgIpc) is 3.27. The highest BCUT2D eigenvalue weighted by atomic mass is 32.2. The Morgan fingerprint density at radius 3 is 2.74 bits per heavy atom. The van der Waals surface area contributed by atoms with Crippen LogP contribution in [0.15, 0.2) is 34.2 Å². The fourth-order valence-electron chi connectivity index (χ4n) is 3.75. The first kappa shape index (κ1) is 18.4. The highest BCUT2D eigenvalue weighted by Gasteiger charge is 2.30. The van der Waals surface area contributed by atoms with Gasteiger partial charge in [-0.3, -0.25) is 19.4 Å². The van der Waals surface area contributed by atoms with Crippen molar-refractivity contribution in [3.63, 3.8) is 0 Å². The second-order valence-electron chi connectivity index (χ2n) is 7.08. The number of carbonyl (C=O) groups is 1. The van der Waals surface area contributed by atoms with Crippen molar-refractivity contribution in [2.45, 2.75) is 23.8 Å². The quantitative estimate of drug-likeness (QED) is 0.782. The molecule has 146 valence electrons. The van der Waals surface area contributed by atoms with Gasteiger partial charge in [-0.15, -0.1) is 0 Å². The minimum atomic E-state index is -3.57. The third-order valence-electron chi connectivity index (χ3n) is 5.25. The van der Waals surface area contributed by atoms with E-state index in [9.17, 15) is 13.2 Å². The summed E-state index contributed by atoms with van der Waals surface area (Å²) >= 11 is 0. The molecular weight excluding hydrogens is 368 g/mol. The number of rotatable bonds is 4. The first-order valence-electron chi connectivity index (χ1n) is 9.31. The number of amides is 1. The van der Waals surface area contributed by atoms with Crippen LogP contribution in [-0.4, -0.2) is 81.9 Å². The van der Waals surface area contributed by atoms with Gasteiger partial charge in [-0.2, -0.15) is 0 Å². The summed E-state index contributed by atoms with van der Waals surface area (Å²) in [5.74, 6) is 0.166. The molecule has 2 fully saturated rings. The molecular formula is C18H24N4O4S. The lowest BCUT2D eigenvalue weighted by molar-refractivity contribution is -0.131. The van der Waals surface area contributed by atoms with E-state index >= 15 is 0 Å². The minimum absolute atomic E-state index is 0.0576. The van der Waals surface area contributed by atoms with Crippen LogP contribution in [0.4, 0.5) is 0 Å². The van der Waals surface area contributed by atoms with Crippen LogP contribution in [0.1, 0.15) is 18.4 Å². The van der Waals surface area contributed by atoms with E-state index in [1.54, 1.807) is 23.1 Å². The number of piperazine rings is 1. The molecule has 0 bridgehead atoms. The van der Waals surface area contributed by atoms with E-state index in [4.69, 9.17) is 4.74 Å². The molecule has 2 saturated heterocycles. The monoisotopic (exact) mass is 392 g/mol. The Labute approximate surface area is 159 Å². The van der Waals surface area contributed by atoms with Crippen LogP contribution >= 0.6 is 0 Å². The predicted octanol–water partition coefficient (Wildman–Crippen LogP) is 0.0483. The molecule has 27 heavy (non-hydrogen) atoms. The lowest BCUT2D eigenvalue weighted by atomic mass is 10.2. The first-order chi connectivity index (χ1) is 13.0. The molecule has 0 radical (unpaired) electrons. The summed E-state index contributed by atoms with van der Waals surface area (Å²) in [4.78, 5) is 21.1. The van der Waals surface area contributed by atoms with E-state index in [0.717, 1.165) is 39.1 Å². The number of sulfonamides is 1. The smallest absolute Gasteiger partial charge is 0.263 e. The Balaban J connectivity index is 1.32. The molecule has 1 aromatic carbocycles. The van der Waals surface area contributed by atoms with Gasteiger partial charge < -0.3 is 9.64 Å². The summed E-state index contributed by atoms with van der Waals surface area (Å²) in [5.41, 5.74) is 0.520. The van der Waals surface area contributed by atoms with Crippen molar-refractivity contribution in [2.75, 3.05) is 45.9 Å². The summed E-state index contributed by atoms with van der Waals surface area (Å²) in [7, 11) is -3.57. The Morgan fingerprint density at radius 1 is 1.22 bits per heavy atom. The van der Waals surface area contributed by atoms with Crippen LogP contribution in [0, 0.1) is 0 Å². The Bertz CT molecular complexity index is 841. The van der Waals surface area contributed by atoms with Gasteiger partial charge in [0.2, 0.25) is 5.91 Å². The number of amidine groups is 1. The molecule has 1 atom stereocenters. The summed E-state index contributed by atoms with van der Waals surface area (Å²) in [5, 5.41) is 0. The standard InChI is InChI=1S/C18H24N4O4S/c23-17(22-9-7-21(8-10-22)13-14-4-3-11-26-14)12-19-18-15-5-1-2-6-16(15)27(24,25)20-18/h1-2,5-6,14H,3-4,7-13H2,(H,19,20). The highest BCUT2D eigenvalue weighted by Crippen LogP contribution is 2.22. The van der Waals surface area contributed by atoms with Gasteiger partial charge in [0.25, 0.3) is 10.0 Å².